The highest BCUT2D eigenvalue weighted by molar-refractivity contribution is 5.85. The van der Waals surface area contributed by atoms with E-state index in [-0.39, 0.29) is 72.1 Å². The molecule has 5 aliphatic heterocycles. The van der Waals surface area contributed by atoms with Crippen LogP contribution in [0.25, 0.3) is 0 Å². The summed E-state index contributed by atoms with van der Waals surface area (Å²) in [6.07, 6.45) is 6.24. The molecule has 0 bridgehead atoms. The highest BCUT2D eigenvalue weighted by atomic mass is 16.7. The van der Waals surface area contributed by atoms with E-state index in [1.807, 2.05) is 13.8 Å². The topological polar surface area (TPSA) is 153 Å². The van der Waals surface area contributed by atoms with Gasteiger partial charge >= 0.3 is 5.97 Å². The van der Waals surface area contributed by atoms with Crippen LogP contribution in [0.3, 0.4) is 0 Å². The van der Waals surface area contributed by atoms with E-state index >= 15 is 0 Å². The average molecular weight is 725 g/mol. The van der Waals surface area contributed by atoms with Crippen LogP contribution in [0.15, 0.2) is 11.6 Å². The highest BCUT2D eigenvalue weighted by Crippen LogP contribution is 2.57. The van der Waals surface area contributed by atoms with E-state index in [1.165, 1.54) is 0 Å². The number of methoxy groups -OCH3 is 1. The second-order valence-corrected chi connectivity index (χ2v) is 17.8. The predicted octanol–water partition coefficient (Wildman–Crippen LogP) is 5.61. The summed E-state index contributed by atoms with van der Waals surface area (Å²) in [5.41, 5.74) is -0.818. The maximum atomic E-state index is 11.2. The number of carboxylic acids is 1. The highest BCUT2D eigenvalue weighted by Gasteiger charge is 2.65. The monoisotopic (exact) mass is 724 g/mol. The summed E-state index contributed by atoms with van der Waals surface area (Å²) in [7, 11) is 1.73. The summed E-state index contributed by atoms with van der Waals surface area (Å²) in [4.78, 5) is 11.2. The van der Waals surface area contributed by atoms with Gasteiger partial charge in [0.25, 0.3) is 0 Å². The number of hydrogen-bond acceptors (Lipinski definition) is 10. The molecule has 17 atom stereocenters. The van der Waals surface area contributed by atoms with Gasteiger partial charge in [0.05, 0.1) is 60.5 Å². The Morgan fingerprint density at radius 3 is 2.33 bits per heavy atom. The van der Waals surface area contributed by atoms with Crippen LogP contribution < -0.4 is 0 Å². The van der Waals surface area contributed by atoms with E-state index in [0.717, 1.165) is 32.1 Å². The molecular weight excluding hydrogens is 656 g/mol. The van der Waals surface area contributed by atoms with Crippen LogP contribution in [-0.2, 0) is 33.2 Å². The van der Waals surface area contributed by atoms with Crippen LogP contribution in [-0.4, -0.2) is 106 Å². The lowest BCUT2D eigenvalue weighted by Gasteiger charge is -2.50. The van der Waals surface area contributed by atoms with Gasteiger partial charge in [-0.1, -0.05) is 47.6 Å². The predicted molar refractivity (Wildman–Crippen MR) is 191 cm³/mol. The van der Waals surface area contributed by atoms with Gasteiger partial charge in [-0.25, -0.2) is 4.79 Å². The molecule has 4 N–H and O–H groups in total. The Hall–Kier alpha value is -1.15. The van der Waals surface area contributed by atoms with Crippen molar-refractivity contribution in [1.82, 2.24) is 0 Å². The van der Waals surface area contributed by atoms with Gasteiger partial charge in [-0.2, -0.15) is 0 Å². The molecule has 0 amide bonds. The standard InChI is InChI=1S/C40H68O11/c1-22(15-25(4)36(43)44)11-12-29(42)18-30-19-31(46-10)28(7)40(48-30)27(6)20-38(9,51-40)33-13-14-37(8,49-33)35-24(3)17-32(47-35)34-23(2)16-26(5)39(45,21-41)50-34/h15,22-24,26-35,41-42,45H,11-14,16-21H2,1-10H3,(H,43,44)/b25-15+/t22?,23-,24-,26+,27+,28+,29?,30?,31+,32+,33?,34-,35?,37-,38-,39-,40?/m0/s1. The van der Waals surface area contributed by atoms with Gasteiger partial charge < -0.3 is 48.8 Å². The molecule has 294 valence electrons. The maximum Gasteiger partial charge on any atom is 0.330 e. The van der Waals surface area contributed by atoms with Crippen molar-refractivity contribution in [2.45, 2.75) is 186 Å². The molecule has 5 heterocycles. The number of aliphatic carboxylic acids is 1. The number of hydrogen-bond donors (Lipinski definition) is 4. The molecule has 0 radical (unpaired) electrons. The summed E-state index contributed by atoms with van der Waals surface area (Å²) >= 11 is 0. The quantitative estimate of drug-likeness (QED) is 0.186. The summed E-state index contributed by atoms with van der Waals surface area (Å²) in [6.45, 7) is 18.0. The minimum atomic E-state index is -1.56. The van der Waals surface area contributed by atoms with Gasteiger partial charge in [0.1, 0.15) is 0 Å². The lowest BCUT2D eigenvalue weighted by Crippen LogP contribution is -2.58. The number of rotatable bonds is 12. The first-order chi connectivity index (χ1) is 23.8. The fourth-order valence-corrected chi connectivity index (χ4v) is 10.5. The molecule has 51 heavy (non-hydrogen) atoms. The van der Waals surface area contributed by atoms with Crippen LogP contribution in [0.4, 0.5) is 0 Å². The minimum Gasteiger partial charge on any atom is -0.478 e. The van der Waals surface area contributed by atoms with Gasteiger partial charge in [0.15, 0.2) is 11.6 Å². The van der Waals surface area contributed by atoms with Crippen molar-refractivity contribution in [1.29, 1.82) is 0 Å². The maximum absolute atomic E-state index is 11.2. The third-order valence-electron chi connectivity index (χ3n) is 13.5. The number of carbonyl (C=O) groups is 1. The van der Waals surface area contributed by atoms with Crippen molar-refractivity contribution in [3.05, 3.63) is 11.6 Å². The molecule has 5 saturated heterocycles. The fourth-order valence-electron chi connectivity index (χ4n) is 10.5. The molecule has 1 spiro atoms. The molecule has 11 nitrogen and oxygen atoms in total. The first-order valence-corrected chi connectivity index (χ1v) is 19.6. The van der Waals surface area contributed by atoms with Crippen molar-refractivity contribution >= 4 is 5.97 Å². The Morgan fingerprint density at radius 2 is 1.69 bits per heavy atom. The molecule has 6 unspecified atom stereocenters. The van der Waals surface area contributed by atoms with Gasteiger partial charge in [0.2, 0.25) is 0 Å². The molecule has 5 fully saturated rings. The van der Waals surface area contributed by atoms with E-state index in [9.17, 15) is 25.2 Å². The fraction of sp³-hybridized carbons (Fsp3) is 0.925. The van der Waals surface area contributed by atoms with Gasteiger partial charge in [-0.15, -0.1) is 0 Å². The lowest BCUT2D eigenvalue weighted by molar-refractivity contribution is -0.352. The van der Waals surface area contributed by atoms with E-state index in [0.29, 0.717) is 31.3 Å². The molecule has 5 rings (SSSR count). The molecule has 0 aromatic rings. The molecule has 5 aliphatic rings. The largest absolute Gasteiger partial charge is 0.478 e. The van der Waals surface area contributed by atoms with Crippen molar-refractivity contribution in [3.63, 3.8) is 0 Å². The van der Waals surface area contributed by atoms with Gasteiger partial charge in [0, 0.05) is 36.9 Å². The molecule has 0 aromatic heterocycles. The van der Waals surface area contributed by atoms with Crippen LogP contribution in [0.5, 0.6) is 0 Å². The first-order valence-electron chi connectivity index (χ1n) is 19.6. The van der Waals surface area contributed by atoms with Crippen LogP contribution in [0.1, 0.15) is 120 Å². The molecule has 0 aromatic carbocycles. The third-order valence-corrected chi connectivity index (χ3v) is 13.5. The zero-order valence-corrected chi connectivity index (χ0v) is 32.8. The molecule has 11 heteroatoms. The SMILES string of the molecule is CO[C@@H]1CC(CC(O)CCC(C)/C=C(\C)C(=O)O)OC2(O[C@](C)(C3CC[C@@](C)(C4O[C@@H]([C@H]5O[C@@](O)(CO)[C@H](C)C[C@@H]5C)C[C@@H]4C)O3)C[C@H]2C)[C@@H]1C. The molecule has 0 saturated carbocycles. The Morgan fingerprint density at radius 1 is 0.980 bits per heavy atom. The average Bonchev–Trinajstić information content (AvgIpc) is 3.74. The lowest BCUT2D eigenvalue weighted by atomic mass is 9.78. The number of aliphatic hydroxyl groups excluding tert-OH is 2. The Balaban J connectivity index is 1.24. The van der Waals surface area contributed by atoms with Crippen LogP contribution in [0.2, 0.25) is 0 Å². The van der Waals surface area contributed by atoms with Crippen LogP contribution >= 0.6 is 0 Å². The van der Waals surface area contributed by atoms with Crippen molar-refractivity contribution < 1.29 is 53.6 Å². The zero-order valence-electron chi connectivity index (χ0n) is 32.8. The van der Waals surface area contributed by atoms with Gasteiger partial charge in [-0.05, 0) is 89.9 Å². The smallest absolute Gasteiger partial charge is 0.330 e. The Bertz CT molecular complexity index is 1240. The summed E-state index contributed by atoms with van der Waals surface area (Å²) < 4.78 is 40.1. The second-order valence-electron chi connectivity index (χ2n) is 17.8. The van der Waals surface area contributed by atoms with E-state index < -0.39 is 41.5 Å². The van der Waals surface area contributed by atoms with Crippen molar-refractivity contribution in [2.75, 3.05) is 13.7 Å². The van der Waals surface area contributed by atoms with E-state index in [1.54, 1.807) is 20.1 Å². The summed E-state index contributed by atoms with van der Waals surface area (Å²) in [5, 5.41) is 41.2. The minimum absolute atomic E-state index is 0.0404. The van der Waals surface area contributed by atoms with Crippen molar-refractivity contribution in [2.24, 2.45) is 35.5 Å². The second kappa shape index (κ2) is 15.5. The number of allylic oxidation sites excluding steroid dienone is 1. The first kappa shape index (κ1) is 41.0. The Kier molecular flexibility index (Phi) is 12.5. The number of aliphatic hydroxyl groups is 3. The van der Waals surface area contributed by atoms with E-state index in [2.05, 4.69) is 41.5 Å². The van der Waals surface area contributed by atoms with E-state index in [4.69, 9.17) is 28.4 Å². The zero-order chi connectivity index (χ0) is 37.7. The summed E-state index contributed by atoms with van der Waals surface area (Å²) in [6, 6.07) is 0. The normalized spacial score (nSPS) is 49.0. The molecular formula is C40H68O11. The third kappa shape index (κ3) is 8.13. The molecule has 0 aliphatic carbocycles. The van der Waals surface area contributed by atoms with Crippen LogP contribution in [0, 0.1) is 35.5 Å². The summed E-state index contributed by atoms with van der Waals surface area (Å²) in [5.74, 6) is -3.08. The number of carboxylic acid groups (broad SMARTS) is 1. The van der Waals surface area contributed by atoms with Crippen molar-refractivity contribution in [3.8, 4) is 0 Å². The Labute approximate surface area is 305 Å². The number of ether oxygens (including phenoxy) is 6. The van der Waals surface area contributed by atoms with Gasteiger partial charge in [-0.3, -0.25) is 0 Å².